The average molecular weight is 228 g/mol. The number of rotatable bonds is 2. The zero-order valence-corrected chi connectivity index (χ0v) is 7.95. The summed E-state index contributed by atoms with van der Waals surface area (Å²) in [6.07, 6.45) is 0. The van der Waals surface area contributed by atoms with Gasteiger partial charge >= 0.3 is 0 Å². The quantitative estimate of drug-likeness (QED) is 0.434. The Hall–Kier alpha value is -1.19. The largest absolute Gasteiger partial charge is 0.496 e. The zero-order chi connectivity index (χ0) is 8.97. The van der Waals surface area contributed by atoms with Crippen LogP contribution in [0.5, 0.6) is 5.75 Å². The van der Waals surface area contributed by atoms with Crippen molar-refractivity contribution in [3.63, 3.8) is 0 Å². The number of hydrogen-bond acceptors (Lipinski definition) is 2. The van der Waals surface area contributed by atoms with Gasteiger partial charge in [-0.3, -0.25) is 0 Å². The van der Waals surface area contributed by atoms with E-state index >= 15 is 0 Å². The summed E-state index contributed by atoms with van der Waals surface area (Å²) in [6, 6.07) is 5.21. The maximum absolute atomic E-state index is 8.20. The molecule has 0 fully saturated rings. The molecule has 0 aliphatic carbocycles. The van der Waals surface area contributed by atoms with Crippen molar-refractivity contribution in [1.82, 2.24) is 0 Å². The van der Waals surface area contributed by atoms with Gasteiger partial charge in [-0.2, -0.15) is 0 Å². The van der Waals surface area contributed by atoms with E-state index in [4.69, 9.17) is 10.3 Å². The van der Waals surface area contributed by atoms with E-state index in [1.54, 1.807) is 18.2 Å². The molecule has 0 unspecified atom stereocenters. The first-order valence-corrected chi connectivity index (χ1v) is 3.96. The van der Waals surface area contributed by atoms with Crippen molar-refractivity contribution in [2.45, 2.75) is 0 Å². The lowest BCUT2D eigenvalue weighted by Gasteiger charge is -2.02. The Labute approximate surface area is 77.9 Å². The Morgan fingerprint density at radius 1 is 1.58 bits per heavy atom. The number of hydrogen-bond donors (Lipinski definition) is 0. The van der Waals surface area contributed by atoms with E-state index in [-0.39, 0.29) is 0 Å². The van der Waals surface area contributed by atoms with Crippen LogP contribution in [-0.4, -0.2) is 7.11 Å². The molecule has 0 N–H and O–H groups in total. The molecule has 0 heterocycles. The molecule has 0 aliphatic heterocycles. The normalized spacial score (nSPS) is 8.83. The maximum Gasteiger partial charge on any atom is 0.129 e. The predicted molar refractivity (Wildman–Crippen MR) is 49.5 cm³/mol. The molecule has 62 valence electrons. The minimum Gasteiger partial charge on any atom is -0.496 e. The van der Waals surface area contributed by atoms with Crippen LogP contribution in [0.3, 0.4) is 0 Å². The molecular formula is C7H6BrN3O. The van der Waals surface area contributed by atoms with Crippen LogP contribution < -0.4 is 4.74 Å². The molecule has 1 aromatic carbocycles. The number of methoxy groups -OCH3 is 1. The van der Waals surface area contributed by atoms with Crippen LogP contribution in [0.15, 0.2) is 27.8 Å². The Morgan fingerprint density at radius 2 is 2.33 bits per heavy atom. The summed E-state index contributed by atoms with van der Waals surface area (Å²) in [6.45, 7) is 0. The monoisotopic (exact) mass is 227 g/mol. The van der Waals surface area contributed by atoms with Crippen molar-refractivity contribution >= 4 is 21.6 Å². The number of nitrogens with zero attached hydrogens (tertiary/aromatic N) is 3. The molecule has 12 heavy (non-hydrogen) atoms. The van der Waals surface area contributed by atoms with Gasteiger partial charge < -0.3 is 4.74 Å². The van der Waals surface area contributed by atoms with E-state index in [1.807, 2.05) is 0 Å². The minimum absolute atomic E-state index is 0.489. The van der Waals surface area contributed by atoms with Gasteiger partial charge in [0.15, 0.2) is 0 Å². The molecule has 1 aromatic rings. The fraction of sp³-hybridized carbons (Fsp3) is 0.143. The second-order valence-corrected chi connectivity index (χ2v) is 2.92. The SMILES string of the molecule is COc1cc(Br)ccc1N=[N+]=[N-]. The number of benzene rings is 1. The molecule has 0 aromatic heterocycles. The fourth-order valence-electron chi connectivity index (χ4n) is 0.782. The lowest BCUT2D eigenvalue weighted by molar-refractivity contribution is 0.416. The second kappa shape index (κ2) is 3.99. The van der Waals surface area contributed by atoms with Crippen LogP contribution in [0.1, 0.15) is 0 Å². The topological polar surface area (TPSA) is 58.0 Å². The van der Waals surface area contributed by atoms with Crippen molar-refractivity contribution in [3.8, 4) is 5.75 Å². The standard InChI is InChI=1S/C7H6BrN3O/c1-12-7-4-5(8)2-3-6(7)10-11-9/h2-4H,1H3. The highest BCUT2D eigenvalue weighted by Crippen LogP contribution is 2.30. The van der Waals surface area contributed by atoms with Crippen molar-refractivity contribution in [1.29, 1.82) is 0 Å². The highest BCUT2D eigenvalue weighted by Gasteiger charge is 1.99. The highest BCUT2D eigenvalue weighted by atomic mass is 79.9. The van der Waals surface area contributed by atoms with Gasteiger partial charge in [-0.1, -0.05) is 21.0 Å². The third-order valence-corrected chi connectivity index (χ3v) is 1.79. The van der Waals surface area contributed by atoms with E-state index in [2.05, 4.69) is 26.0 Å². The van der Waals surface area contributed by atoms with Gasteiger partial charge in [0.2, 0.25) is 0 Å². The van der Waals surface area contributed by atoms with Crippen molar-refractivity contribution in [2.75, 3.05) is 7.11 Å². The molecule has 0 bridgehead atoms. The Kier molecular flexibility index (Phi) is 2.96. The summed E-state index contributed by atoms with van der Waals surface area (Å²) >= 11 is 3.27. The number of ether oxygens (including phenoxy) is 1. The summed E-state index contributed by atoms with van der Waals surface area (Å²) in [5.41, 5.74) is 8.69. The van der Waals surface area contributed by atoms with Gasteiger partial charge in [-0.05, 0) is 23.7 Å². The minimum atomic E-state index is 0.489. The molecular weight excluding hydrogens is 222 g/mol. The van der Waals surface area contributed by atoms with Gasteiger partial charge in [-0.25, -0.2) is 0 Å². The van der Waals surface area contributed by atoms with Crippen LogP contribution in [0.25, 0.3) is 10.4 Å². The number of halogens is 1. The van der Waals surface area contributed by atoms with Crippen LogP contribution in [0, 0.1) is 0 Å². The number of azide groups is 1. The molecule has 0 amide bonds. The van der Waals surface area contributed by atoms with Crippen LogP contribution >= 0.6 is 15.9 Å². The van der Waals surface area contributed by atoms with Crippen molar-refractivity contribution in [3.05, 3.63) is 33.1 Å². The van der Waals surface area contributed by atoms with Gasteiger partial charge in [0.1, 0.15) is 5.75 Å². The summed E-state index contributed by atoms with van der Waals surface area (Å²) in [5, 5.41) is 3.45. The molecule has 5 heteroatoms. The molecule has 0 spiro atoms. The first-order valence-electron chi connectivity index (χ1n) is 3.16. The summed E-state index contributed by atoms with van der Waals surface area (Å²) in [4.78, 5) is 2.67. The first-order chi connectivity index (χ1) is 5.77. The molecule has 1 rings (SSSR count). The molecule has 0 saturated heterocycles. The van der Waals surface area contributed by atoms with Crippen LogP contribution in [-0.2, 0) is 0 Å². The molecule has 0 aliphatic rings. The van der Waals surface area contributed by atoms with E-state index in [9.17, 15) is 0 Å². The lowest BCUT2D eigenvalue weighted by Crippen LogP contribution is -1.82. The molecule has 0 radical (unpaired) electrons. The van der Waals surface area contributed by atoms with Gasteiger partial charge in [0.25, 0.3) is 0 Å². The van der Waals surface area contributed by atoms with Gasteiger partial charge in [0, 0.05) is 9.38 Å². The van der Waals surface area contributed by atoms with Crippen LogP contribution in [0.2, 0.25) is 0 Å². The van der Waals surface area contributed by atoms with Crippen LogP contribution in [0.4, 0.5) is 5.69 Å². The van der Waals surface area contributed by atoms with E-state index in [0.29, 0.717) is 11.4 Å². The summed E-state index contributed by atoms with van der Waals surface area (Å²) in [7, 11) is 1.53. The maximum atomic E-state index is 8.20. The lowest BCUT2D eigenvalue weighted by atomic mass is 10.3. The Bertz CT molecular complexity index is 333. The Morgan fingerprint density at radius 3 is 2.92 bits per heavy atom. The van der Waals surface area contributed by atoms with E-state index < -0.39 is 0 Å². The molecule has 0 atom stereocenters. The zero-order valence-electron chi connectivity index (χ0n) is 6.36. The fourth-order valence-corrected chi connectivity index (χ4v) is 1.12. The smallest absolute Gasteiger partial charge is 0.129 e. The van der Waals surface area contributed by atoms with Crippen molar-refractivity contribution in [2.24, 2.45) is 5.11 Å². The van der Waals surface area contributed by atoms with Crippen molar-refractivity contribution < 1.29 is 4.74 Å². The first kappa shape index (κ1) is 8.90. The highest BCUT2D eigenvalue weighted by molar-refractivity contribution is 9.10. The Balaban J connectivity index is 3.19. The van der Waals surface area contributed by atoms with E-state index in [1.165, 1.54) is 7.11 Å². The third-order valence-electron chi connectivity index (χ3n) is 1.29. The third kappa shape index (κ3) is 1.90. The average Bonchev–Trinajstić information content (AvgIpc) is 2.08. The summed E-state index contributed by atoms with van der Waals surface area (Å²) in [5.74, 6) is 0.558. The predicted octanol–water partition coefficient (Wildman–Crippen LogP) is 3.40. The second-order valence-electron chi connectivity index (χ2n) is 2.01. The summed E-state index contributed by atoms with van der Waals surface area (Å²) < 4.78 is 5.87. The van der Waals surface area contributed by atoms with Gasteiger partial charge in [0.05, 0.1) is 12.8 Å². The molecule has 4 nitrogen and oxygen atoms in total. The van der Waals surface area contributed by atoms with E-state index in [0.717, 1.165) is 4.47 Å². The van der Waals surface area contributed by atoms with Gasteiger partial charge in [-0.15, -0.1) is 0 Å². The molecule has 0 saturated carbocycles.